The van der Waals surface area contributed by atoms with Crippen LogP contribution < -0.4 is 10.6 Å². The molecule has 0 atom stereocenters. The van der Waals surface area contributed by atoms with Gasteiger partial charge in [-0.25, -0.2) is 5.84 Å². The van der Waals surface area contributed by atoms with Crippen LogP contribution in [-0.2, 0) is 4.79 Å². The Morgan fingerprint density at radius 1 is 1.56 bits per heavy atom. The maximum absolute atomic E-state index is 11.2. The van der Waals surface area contributed by atoms with Gasteiger partial charge in [-0.15, -0.1) is 0 Å². The van der Waals surface area contributed by atoms with Gasteiger partial charge in [0.1, 0.15) is 5.75 Å². The number of hydrogen-bond acceptors (Lipinski definition) is 3. The highest BCUT2D eigenvalue weighted by Crippen LogP contribution is 2.21. The van der Waals surface area contributed by atoms with Gasteiger partial charge in [0.15, 0.2) is 0 Å². The zero-order chi connectivity index (χ0) is 12.1. The van der Waals surface area contributed by atoms with Gasteiger partial charge in [-0.05, 0) is 30.7 Å². The zero-order valence-corrected chi connectivity index (χ0v) is 10.1. The minimum Gasteiger partial charge on any atom is -0.493 e. The topological polar surface area (TPSA) is 55.6 Å². The first kappa shape index (κ1) is 12.8. The van der Waals surface area contributed by atoms with E-state index in [1.54, 1.807) is 12.1 Å². The van der Waals surface area contributed by atoms with Crippen molar-refractivity contribution in [2.45, 2.75) is 13.3 Å². The molecule has 5 heteroatoms. The summed E-state index contributed by atoms with van der Waals surface area (Å²) in [6.07, 6.45) is 0.259. The fraction of sp³-hybridized carbons (Fsp3) is 0.364. The summed E-state index contributed by atoms with van der Waals surface area (Å²) in [4.78, 5) is 11.2. The lowest BCUT2D eigenvalue weighted by atomic mass is 10.2. The molecule has 0 aromatic heterocycles. The van der Waals surface area contributed by atoms with Crippen LogP contribution in [0.25, 0.3) is 0 Å². The molecular formula is C11H15ClN2O2. The van der Waals surface area contributed by atoms with Crippen LogP contribution in [0.5, 0.6) is 5.75 Å². The van der Waals surface area contributed by atoms with Crippen molar-refractivity contribution in [3.63, 3.8) is 0 Å². The van der Waals surface area contributed by atoms with Crippen molar-refractivity contribution >= 4 is 17.5 Å². The molecule has 4 nitrogen and oxygen atoms in total. The Morgan fingerprint density at radius 2 is 2.25 bits per heavy atom. The monoisotopic (exact) mass is 242 g/mol. The summed E-state index contributed by atoms with van der Waals surface area (Å²) < 4.78 is 5.45. The van der Waals surface area contributed by atoms with Gasteiger partial charge in [-0.3, -0.25) is 9.80 Å². The van der Waals surface area contributed by atoms with Gasteiger partial charge in [0.25, 0.3) is 0 Å². The number of amides is 1. The number of ether oxygens (including phenoxy) is 1. The number of aryl methyl sites for hydroxylation is 1. The highest BCUT2D eigenvalue weighted by atomic mass is 35.5. The van der Waals surface area contributed by atoms with Gasteiger partial charge in [-0.1, -0.05) is 11.6 Å². The van der Waals surface area contributed by atoms with Crippen molar-refractivity contribution < 1.29 is 9.53 Å². The molecular weight excluding hydrogens is 228 g/mol. The van der Waals surface area contributed by atoms with E-state index < -0.39 is 0 Å². The number of carbonyl (C=O) groups is 1. The minimum absolute atomic E-state index is 0.161. The highest BCUT2D eigenvalue weighted by Gasteiger charge is 2.05. The molecule has 2 N–H and O–H groups in total. The molecule has 0 aliphatic heterocycles. The summed E-state index contributed by atoms with van der Waals surface area (Å²) in [5.41, 5.74) is 0.945. The normalized spacial score (nSPS) is 10.0. The van der Waals surface area contributed by atoms with E-state index in [0.29, 0.717) is 11.6 Å². The van der Waals surface area contributed by atoms with E-state index >= 15 is 0 Å². The molecule has 1 rings (SSSR count). The van der Waals surface area contributed by atoms with Crippen LogP contribution in [-0.4, -0.2) is 24.6 Å². The number of nitrogens with two attached hydrogens (primary N) is 1. The van der Waals surface area contributed by atoms with Gasteiger partial charge in [0.2, 0.25) is 5.91 Å². The SMILES string of the molecule is Cc1cc(Cl)ccc1OCCC(=O)N(C)N. The first-order chi connectivity index (χ1) is 7.50. The smallest absolute Gasteiger partial charge is 0.239 e. The van der Waals surface area contributed by atoms with Crippen molar-refractivity contribution in [2.75, 3.05) is 13.7 Å². The second-order valence-corrected chi connectivity index (χ2v) is 3.95. The molecule has 0 unspecified atom stereocenters. The quantitative estimate of drug-likeness (QED) is 0.497. The highest BCUT2D eigenvalue weighted by molar-refractivity contribution is 6.30. The van der Waals surface area contributed by atoms with E-state index in [1.165, 1.54) is 7.05 Å². The van der Waals surface area contributed by atoms with Crippen molar-refractivity contribution in [1.29, 1.82) is 0 Å². The maximum Gasteiger partial charge on any atom is 0.239 e. The Bertz CT molecular complexity index is 380. The van der Waals surface area contributed by atoms with Gasteiger partial charge in [-0.2, -0.15) is 0 Å². The molecule has 0 fully saturated rings. The second kappa shape index (κ2) is 5.72. The lowest BCUT2D eigenvalue weighted by molar-refractivity contribution is -0.130. The molecule has 88 valence electrons. The number of benzene rings is 1. The molecule has 0 aliphatic carbocycles. The Balaban J connectivity index is 2.46. The summed E-state index contributed by atoms with van der Waals surface area (Å²) in [7, 11) is 1.51. The molecule has 0 spiro atoms. The van der Waals surface area contributed by atoms with E-state index in [4.69, 9.17) is 22.2 Å². The van der Waals surface area contributed by atoms with Crippen molar-refractivity contribution in [1.82, 2.24) is 5.01 Å². The number of rotatable bonds is 4. The first-order valence-electron chi connectivity index (χ1n) is 4.91. The predicted molar refractivity (Wildman–Crippen MR) is 63.3 cm³/mol. The summed E-state index contributed by atoms with van der Waals surface area (Å²) in [5, 5.41) is 1.72. The Hall–Kier alpha value is -1.26. The molecule has 0 saturated carbocycles. The largest absolute Gasteiger partial charge is 0.493 e. The summed E-state index contributed by atoms with van der Waals surface area (Å²) in [6.45, 7) is 2.21. The zero-order valence-electron chi connectivity index (χ0n) is 9.37. The van der Waals surface area contributed by atoms with Crippen LogP contribution in [0.4, 0.5) is 0 Å². The number of carbonyl (C=O) groups excluding carboxylic acids is 1. The number of hydrazine groups is 1. The van der Waals surface area contributed by atoms with E-state index in [9.17, 15) is 4.79 Å². The molecule has 1 aromatic rings. The molecule has 0 aliphatic rings. The Kier molecular flexibility index (Phi) is 4.58. The molecule has 0 bridgehead atoms. The number of nitrogens with zero attached hydrogens (tertiary/aromatic N) is 1. The average molecular weight is 243 g/mol. The summed E-state index contributed by atoms with van der Waals surface area (Å²) in [5.74, 6) is 5.85. The van der Waals surface area contributed by atoms with E-state index in [-0.39, 0.29) is 12.3 Å². The molecule has 0 radical (unpaired) electrons. The van der Waals surface area contributed by atoms with Crippen LogP contribution >= 0.6 is 11.6 Å². The fourth-order valence-corrected chi connectivity index (χ4v) is 1.43. The second-order valence-electron chi connectivity index (χ2n) is 3.51. The van der Waals surface area contributed by atoms with Crippen molar-refractivity contribution in [3.8, 4) is 5.75 Å². The van der Waals surface area contributed by atoms with E-state index in [0.717, 1.165) is 16.3 Å². The predicted octanol–water partition coefficient (Wildman–Crippen LogP) is 1.75. The fourth-order valence-electron chi connectivity index (χ4n) is 1.20. The van der Waals surface area contributed by atoms with Gasteiger partial charge >= 0.3 is 0 Å². The minimum atomic E-state index is -0.161. The van der Waals surface area contributed by atoms with Gasteiger partial charge in [0, 0.05) is 12.1 Å². The van der Waals surface area contributed by atoms with E-state index in [1.807, 2.05) is 13.0 Å². The van der Waals surface area contributed by atoms with Gasteiger partial charge < -0.3 is 4.74 Å². The van der Waals surface area contributed by atoms with E-state index in [2.05, 4.69) is 0 Å². The third-order valence-corrected chi connectivity index (χ3v) is 2.34. The van der Waals surface area contributed by atoms with Crippen molar-refractivity contribution in [2.24, 2.45) is 5.84 Å². The van der Waals surface area contributed by atoms with Crippen molar-refractivity contribution in [3.05, 3.63) is 28.8 Å². The van der Waals surface area contributed by atoms with Crippen LogP contribution in [0.3, 0.4) is 0 Å². The third kappa shape index (κ3) is 3.72. The number of halogens is 1. The Morgan fingerprint density at radius 3 is 2.81 bits per heavy atom. The maximum atomic E-state index is 11.2. The molecule has 16 heavy (non-hydrogen) atoms. The van der Waals surface area contributed by atoms with Crippen LogP contribution in [0.2, 0.25) is 5.02 Å². The summed E-state index contributed by atoms with van der Waals surface area (Å²) >= 11 is 5.81. The van der Waals surface area contributed by atoms with Crippen LogP contribution in [0, 0.1) is 6.92 Å². The average Bonchev–Trinajstić information content (AvgIpc) is 2.20. The summed E-state index contributed by atoms with van der Waals surface area (Å²) in [6, 6.07) is 5.35. The van der Waals surface area contributed by atoms with Crippen LogP contribution in [0.1, 0.15) is 12.0 Å². The van der Waals surface area contributed by atoms with Gasteiger partial charge in [0.05, 0.1) is 13.0 Å². The molecule has 0 heterocycles. The standard InChI is InChI=1S/C11H15ClN2O2/c1-8-7-9(12)3-4-10(8)16-6-5-11(15)14(2)13/h3-4,7H,5-6,13H2,1-2H3. The Labute approximate surface area is 99.9 Å². The molecule has 0 saturated heterocycles. The molecule has 1 amide bonds. The third-order valence-electron chi connectivity index (χ3n) is 2.10. The lowest BCUT2D eigenvalue weighted by Crippen LogP contribution is -2.33. The lowest BCUT2D eigenvalue weighted by Gasteiger charge is -2.11. The van der Waals surface area contributed by atoms with Crippen LogP contribution in [0.15, 0.2) is 18.2 Å². The first-order valence-corrected chi connectivity index (χ1v) is 5.28. The molecule has 1 aromatic carbocycles. The number of hydrogen-bond donors (Lipinski definition) is 1.